The van der Waals surface area contributed by atoms with Gasteiger partial charge in [-0.2, -0.15) is 0 Å². The number of aliphatic hydroxyl groups is 1. The van der Waals surface area contributed by atoms with Crippen molar-refractivity contribution in [2.75, 3.05) is 11.9 Å². The molecule has 1 aromatic rings. The van der Waals surface area contributed by atoms with Crippen molar-refractivity contribution in [1.82, 2.24) is 0 Å². The van der Waals surface area contributed by atoms with E-state index < -0.39 is 0 Å². The minimum absolute atomic E-state index is 0.0216. The molecule has 16 heavy (non-hydrogen) atoms. The van der Waals surface area contributed by atoms with E-state index in [1.165, 1.54) is 18.6 Å². The van der Waals surface area contributed by atoms with Gasteiger partial charge in [-0.1, -0.05) is 32.3 Å². The third-order valence-corrected chi connectivity index (χ3v) is 2.57. The number of anilines is 1. The predicted molar refractivity (Wildman–Crippen MR) is 65.0 cm³/mol. The van der Waals surface area contributed by atoms with E-state index in [0.29, 0.717) is 0 Å². The van der Waals surface area contributed by atoms with Crippen LogP contribution in [0.25, 0.3) is 0 Å². The van der Waals surface area contributed by atoms with Gasteiger partial charge in [-0.05, 0) is 24.6 Å². The van der Waals surface area contributed by atoms with Gasteiger partial charge >= 0.3 is 0 Å². The van der Waals surface area contributed by atoms with Crippen molar-refractivity contribution in [1.29, 1.82) is 0 Å². The molecule has 0 fully saturated rings. The lowest BCUT2D eigenvalue weighted by Gasteiger charge is -2.17. The molecule has 0 aliphatic rings. The summed E-state index contributed by atoms with van der Waals surface area (Å²) in [7, 11) is 0. The zero-order valence-corrected chi connectivity index (χ0v) is 9.75. The van der Waals surface area contributed by atoms with Gasteiger partial charge in [0.1, 0.15) is 5.82 Å². The van der Waals surface area contributed by atoms with Crippen LogP contribution in [0.15, 0.2) is 24.3 Å². The Hall–Kier alpha value is -1.09. The topological polar surface area (TPSA) is 32.3 Å². The summed E-state index contributed by atoms with van der Waals surface area (Å²) in [5, 5.41) is 12.3. The normalized spacial score (nSPS) is 12.4. The first-order valence-electron chi connectivity index (χ1n) is 5.89. The van der Waals surface area contributed by atoms with Gasteiger partial charge in [0.05, 0.1) is 6.61 Å². The number of aliphatic hydroxyl groups excluding tert-OH is 1. The average Bonchev–Trinajstić information content (AvgIpc) is 2.28. The summed E-state index contributed by atoms with van der Waals surface area (Å²) in [6.07, 6.45) is 4.34. The van der Waals surface area contributed by atoms with E-state index in [0.717, 1.165) is 24.9 Å². The van der Waals surface area contributed by atoms with E-state index in [2.05, 4.69) is 12.2 Å². The Bertz CT molecular complexity index is 304. The van der Waals surface area contributed by atoms with Crippen LogP contribution in [-0.4, -0.2) is 17.8 Å². The number of halogens is 1. The molecule has 1 aromatic carbocycles. The molecule has 0 bridgehead atoms. The van der Waals surface area contributed by atoms with Gasteiger partial charge in [0.15, 0.2) is 0 Å². The summed E-state index contributed by atoms with van der Waals surface area (Å²) in [5.41, 5.74) is 0.732. The molecule has 0 saturated carbocycles. The molecule has 1 rings (SSSR count). The summed E-state index contributed by atoms with van der Waals surface area (Å²) in [5.74, 6) is -0.254. The van der Waals surface area contributed by atoms with Crippen molar-refractivity contribution in [2.24, 2.45) is 0 Å². The molecule has 0 radical (unpaired) electrons. The Morgan fingerprint density at radius 3 is 2.81 bits per heavy atom. The highest BCUT2D eigenvalue weighted by Crippen LogP contribution is 2.13. The maximum absolute atomic E-state index is 12.9. The Kier molecular flexibility index (Phi) is 5.86. The minimum atomic E-state index is -0.254. The summed E-state index contributed by atoms with van der Waals surface area (Å²) in [6, 6.07) is 6.36. The molecular weight excluding hydrogens is 205 g/mol. The van der Waals surface area contributed by atoms with Crippen molar-refractivity contribution in [3.8, 4) is 0 Å². The second kappa shape index (κ2) is 7.23. The lowest BCUT2D eigenvalue weighted by molar-refractivity contribution is 0.266. The standard InChI is InChI=1S/C13H20FNO/c1-2-3-4-7-13(10-16)15-12-8-5-6-11(14)9-12/h5-6,8-9,13,15-16H,2-4,7,10H2,1H3. The fraction of sp³-hybridized carbons (Fsp3) is 0.538. The third-order valence-electron chi connectivity index (χ3n) is 2.57. The first-order valence-corrected chi connectivity index (χ1v) is 5.89. The van der Waals surface area contributed by atoms with Crippen LogP contribution in [0.3, 0.4) is 0 Å². The highest BCUT2D eigenvalue weighted by Gasteiger charge is 2.06. The molecule has 0 aliphatic heterocycles. The van der Waals surface area contributed by atoms with Gasteiger partial charge < -0.3 is 10.4 Å². The van der Waals surface area contributed by atoms with Crippen LogP contribution < -0.4 is 5.32 Å². The molecule has 2 nitrogen and oxygen atoms in total. The van der Waals surface area contributed by atoms with E-state index in [-0.39, 0.29) is 18.5 Å². The van der Waals surface area contributed by atoms with Gasteiger partial charge in [-0.25, -0.2) is 4.39 Å². The number of benzene rings is 1. The van der Waals surface area contributed by atoms with E-state index in [9.17, 15) is 9.50 Å². The number of rotatable bonds is 7. The van der Waals surface area contributed by atoms with Crippen molar-refractivity contribution >= 4 is 5.69 Å². The van der Waals surface area contributed by atoms with Crippen molar-refractivity contribution < 1.29 is 9.50 Å². The lowest BCUT2D eigenvalue weighted by atomic mass is 10.1. The molecule has 2 N–H and O–H groups in total. The Morgan fingerprint density at radius 1 is 1.38 bits per heavy atom. The van der Waals surface area contributed by atoms with Gasteiger partial charge in [-0.15, -0.1) is 0 Å². The fourth-order valence-corrected chi connectivity index (χ4v) is 1.66. The molecule has 3 heteroatoms. The number of hydrogen-bond acceptors (Lipinski definition) is 2. The third kappa shape index (κ3) is 4.62. The smallest absolute Gasteiger partial charge is 0.125 e. The highest BCUT2D eigenvalue weighted by atomic mass is 19.1. The van der Waals surface area contributed by atoms with Crippen molar-refractivity contribution in [3.63, 3.8) is 0 Å². The zero-order chi connectivity index (χ0) is 11.8. The summed E-state index contributed by atoms with van der Waals surface area (Å²) >= 11 is 0. The van der Waals surface area contributed by atoms with Gasteiger partial charge in [-0.3, -0.25) is 0 Å². The molecule has 0 amide bonds. The van der Waals surface area contributed by atoms with Gasteiger partial charge in [0.2, 0.25) is 0 Å². The summed E-state index contributed by atoms with van der Waals surface area (Å²) in [4.78, 5) is 0. The zero-order valence-electron chi connectivity index (χ0n) is 9.75. The first kappa shape index (κ1) is 13.0. The molecule has 0 aliphatic carbocycles. The second-order valence-electron chi connectivity index (χ2n) is 4.03. The first-order chi connectivity index (χ1) is 7.76. The molecular formula is C13H20FNO. The Balaban J connectivity index is 2.43. The van der Waals surface area contributed by atoms with Crippen LogP contribution in [0.1, 0.15) is 32.6 Å². The van der Waals surface area contributed by atoms with E-state index >= 15 is 0 Å². The largest absolute Gasteiger partial charge is 0.394 e. The van der Waals surface area contributed by atoms with Crippen LogP contribution in [0.4, 0.5) is 10.1 Å². The molecule has 0 spiro atoms. The van der Waals surface area contributed by atoms with Crippen LogP contribution in [0, 0.1) is 5.82 Å². The predicted octanol–water partition coefficient (Wildman–Crippen LogP) is 3.18. The SMILES string of the molecule is CCCCCC(CO)Nc1cccc(F)c1. The number of hydrogen-bond donors (Lipinski definition) is 2. The Labute approximate surface area is 96.5 Å². The summed E-state index contributed by atoms with van der Waals surface area (Å²) < 4.78 is 12.9. The van der Waals surface area contributed by atoms with Gasteiger partial charge in [0, 0.05) is 11.7 Å². The van der Waals surface area contributed by atoms with E-state index in [1.807, 2.05) is 6.07 Å². The number of unbranched alkanes of at least 4 members (excludes halogenated alkanes) is 2. The second-order valence-corrected chi connectivity index (χ2v) is 4.03. The minimum Gasteiger partial charge on any atom is -0.394 e. The molecule has 1 atom stereocenters. The van der Waals surface area contributed by atoms with E-state index in [4.69, 9.17) is 0 Å². The fourth-order valence-electron chi connectivity index (χ4n) is 1.66. The average molecular weight is 225 g/mol. The number of nitrogens with one attached hydrogen (secondary N) is 1. The van der Waals surface area contributed by atoms with Crippen molar-refractivity contribution in [3.05, 3.63) is 30.1 Å². The maximum atomic E-state index is 12.9. The molecule has 0 aromatic heterocycles. The molecule has 0 heterocycles. The summed E-state index contributed by atoms with van der Waals surface area (Å²) in [6.45, 7) is 2.23. The van der Waals surface area contributed by atoms with Gasteiger partial charge in [0.25, 0.3) is 0 Å². The van der Waals surface area contributed by atoms with Crippen LogP contribution >= 0.6 is 0 Å². The van der Waals surface area contributed by atoms with E-state index in [1.54, 1.807) is 6.07 Å². The Morgan fingerprint density at radius 2 is 2.19 bits per heavy atom. The van der Waals surface area contributed by atoms with Crippen LogP contribution in [0.2, 0.25) is 0 Å². The monoisotopic (exact) mass is 225 g/mol. The quantitative estimate of drug-likeness (QED) is 0.698. The molecule has 0 saturated heterocycles. The molecule has 1 unspecified atom stereocenters. The molecule has 90 valence electrons. The highest BCUT2D eigenvalue weighted by molar-refractivity contribution is 5.43. The van der Waals surface area contributed by atoms with Crippen LogP contribution in [0.5, 0.6) is 0 Å². The van der Waals surface area contributed by atoms with Crippen LogP contribution in [-0.2, 0) is 0 Å². The maximum Gasteiger partial charge on any atom is 0.125 e. The van der Waals surface area contributed by atoms with Crippen molar-refractivity contribution in [2.45, 2.75) is 38.6 Å². The lowest BCUT2D eigenvalue weighted by Crippen LogP contribution is -2.23.